The third-order valence-electron chi connectivity index (χ3n) is 3.58. The van der Waals surface area contributed by atoms with Crippen molar-refractivity contribution in [2.45, 2.75) is 45.4 Å². The molecule has 74 valence electrons. The molecule has 2 aliphatic rings. The summed E-state index contributed by atoms with van der Waals surface area (Å²) in [6.45, 7) is 4.83. The summed E-state index contributed by atoms with van der Waals surface area (Å²) in [6, 6.07) is 0. The molecule has 2 fully saturated rings. The molecule has 1 aliphatic carbocycles. The maximum atomic E-state index is 3.43. The van der Waals surface area contributed by atoms with Gasteiger partial charge in [0.2, 0.25) is 0 Å². The average Bonchev–Trinajstić information content (AvgIpc) is 2.20. The van der Waals surface area contributed by atoms with Crippen molar-refractivity contribution in [3.05, 3.63) is 11.1 Å². The van der Waals surface area contributed by atoms with Gasteiger partial charge in [-0.05, 0) is 57.5 Å². The summed E-state index contributed by atoms with van der Waals surface area (Å²) in [7, 11) is 0. The summed E-state index contributed by atoms with van der Waals surface area (Å²) >= 11 is 0. The van der Waals surface area contributed by atoms with E-state index in [0.29, 0.717) is 0 Å². The summed E-state index contributed by atoms with van der Waals surface area (Å²) < 4.78 is 0. The summed E-state index contributed by atoms with van der Waals surface area (Å²) in [5.41, 5.74) is 3.62. The lowest BCUT2D eigenvalue weighted by molar-refractivity contribution is 0.436. The van der Waals surface area contributed by atoms with Gasteiger partial charge in [0.1, 0.15) is 0 Å². The molecule has 2 rings (SSSR count). The minimum absolute atomic E-state index is 0.978. The first-order chi connectivity index (χ1) is 6.36. The van der Waals surface area contributed by atoms with E-state index in [1.54, 1.807) is 5.57 Å². The van der Waals surface area contributed by atoms with E-state index in [9.17, 15) is 0 Å². The van der Waals surface area contributed by atoms with Crippen molar-refractivity contribution >= 4 is 0 Å². The predicted molar refractivity (Wildman–Crippen MR) is 56.8 cm³/mol. The molecule has 0 bridgehead atoms. The highest BCUT2D eigenvalue weighted by Gasteiger charge is 2.16. The topological polar surface area (TPSA) is 12.0 Å². The maximum absolute atomic E-state index is 3.43. The fourth-order valence-corrected chi connectivity index (χ4v) is 2.55. The third kappa shape index (κ3) is 2.34. The van der Waals surface area contributed by atoms with Gasteiger partial charge in [-0.3, -0.25) is 0 Å². The fourth-order valence-electron chi connectivity index (χ4n) is 2.55. The van der Waals surface area contributed by atoms with Crippen LogP contribution in [-0.4, -0.2) is 13.1 Å². The van der Waals surface area contributed by atoms with Crippen LogP contribution < -0.4 is 5.32 Å². The highest BCUT2D eigenvalue weighted by Crippen LogP contribution is 2.32. The molecule has 0 radical (unpaired) electrons. The fraction of sp³-hybridized carbons (Fsp3) is 0.833. The number of nitrogens with one attached hydrogen (secondary N) is 1. The van der Waals surface area contributed by atoms with Crippen LogP contribution in [0, 0.1) is 5.92 Å². The maximum Gasteiger partial charge on any atom is -0.00114 e. The van der Waals surface area contributed by atoms with Gasteiger partial charge in [0.15, 0.2) is 0 Å². The Kier molecular flexibility index (Phi) is 3.05. The smallest absolute Gasteiger partial charge is 0.00114 e. The Balaban J connectivity index is 1.97. The Morgan fingerprint density at radius 3 is 2.08 bits per heavy atom. The van der Waals surface area contributed by atoms with Gasteiger partial charge in [0.05, 0.1) is 0 Å². The second kappa shape index (κ2) is 4.28. The lowest BCUT2D eigenvalue weighted by atomic mass is 9.83. The molecule has 1 heteroatoms. The molecule has 0 aromatic heterocycles. The van der Waals surface area contributed by atoms with Crippen molar-refractivity contribution in [1.82, 2.24) is 5.32 Å². The first-order valence-electron chi connectivity index (χ1n) is 5.77. The normalized spacial score (nSPS) is 30.7. The van der Waals surface area contributed by atoms with E-state index in [4.69, 9.17) is 0 Å². The average molecular weight is 179 g/mol. The Hall–Kier alpha value is -0.300. The first-order valence-corrected chi connectivity index (χ1v) is 5.77. The van der Waals surface area contributed by atoms with Crippen molar-refractivity contribution in [2.75, 3.05) is 13.1 Å². The summed E-state index contributed by atoms with van der Waals surface area (Å²) in [5.74, 6) is 0.978. The van der Waals surface area contributed by atoms with Crippen molar-refractivity contribution in [3.8, 4) is 0 Å². The van der Waals surface area contributed by atoms with E-state index in [-0.39, 0.29) is 0 Å². The van der Waals surface area contributed by atoms with E-state index in [2.05, 4.69) is 12.2 Å². The van der Waals surface area contributed by atoms with Crippen LogP contribution in [0.4, 0.5) is 0 Å². The van der Waals surface area contributed by atoms with Crippen LogP contribution in [-0.2, 0) is 0 Å². The van der Waals surface area contributed by atoms with E-state index < -0.39 is 0 Å². The molecule has 0 unspecified atom stereocenters. The van der Waals surface area contributed by atoms with Gasteiger partial charge in [0.25, 0.3) is 0 Å². The second-order valence-electron chi connectivity index (χ2n) is 4.64. The SMILES string of the molecule is CC1CCC(=C2CCNCC2)CC1. The zero-order chi connectivity index (χ0) is 9.10. The molecule has 1 saturated carbocycles. The van der Waals surface area contributed by atoms with Crippen LogP contribution in [0.25, 0.3) is 0 Å². The van der Waals surface area contributed by atoms with E-state index in [0.717, 1.165) is 5.92 Å². The number of rotatable bonds is 0. The molecule has 0 amide bonds. The highest BCUT2D eigenvalue weighted by molar-refractivity contribution is 5.18. The van der Waals surface area contributed by atoms with Crippen LogP contribution >= 0.6 is 0 Å². The number of hydrogen-bond acceptors (Lipinski definition) is 1. The largest absolute Gasteiger partial charge is 0.316 e. The second-order valence-corrected chi connectivity index (χ2v) is 4.64. The lowest BCUT2D eigenvalue weighted by Gasteiger charge is -2.26. The highest BCUT2D eigenvalue weighted by atomic mass is 14.9. The molecule has 0 aromatic carbocycles. The van der Waals surface area contributed by atoms with Gasteiger partial charge in [-0.1, -0.05) is 18.1 Å². The van der Waals surface area contributed by atoms with E-state index in [1.165, 1.54) is 51.6 Å². The van der Waals surface area contributed by atoms with Crippen LogP contribution in [0.15, 0.2) is 11.1 Å². The minimum Gasteiger partial charge on any atom is -0.316 e. The van der Waals surface area contributed by atoms with Crippen LogP contribution in [0.3, 0.4) is 0 Å². The number of allylic oxidation sites excluding steroid dienone is 1. The van der Waals surface area contributed by atoms with Gasteiger partial charge >= 0.3 is 0 Å². The zero-order valence-electron chi connectivity index (χ0n) is 8.73. The molecular formula is C12H21N. The zero-order valence-corrected chi connectivity index (χ0v) is 8.73. The molecule has 1 heterocycles. The van der Waals surface area contributed by atoms with Crippen molar-refractivity contribution < 1.29 is 0 Å². The van der Waals surface area contributed by atoms with E-state index >= 15 is 0 Å². The Morgan fingerprint density at radius 2 is 1.46 bits per heavy atom. The standard InChI is InChI=1S/C12H21N/c1-10-2-4-11(5-3-10)12-6-8-13-9-7-12/h10,13H,2-9H2,1H3. The van der Waals surface area contributed by atoms with Gasteiger partial charge in [-0.15, -0.1) is 0 Å². The number of hydrogen-bond donors (Lipinski definition) is 1. The molecule has 1 N–H and O–H groups in total. The van der Waals surface area contributed by atoms with Gasteiger partial charge in [-0.2, -0.15) is 0 Å². The summed E-state index contributed by atoms with van der Waals surface area (Å²) in [4.78, 5) is 0. The van der Waals surface area contributed by atoms with Crippen molar-refractivity contribution in [3.63, 3.8) is 0 Å². The summed E-state index contributed by atoms with van der Waals surface area (Å²) in [5, 5.41) is 3.43. The molecular weight excluding hydrogens is 158 g/mol. The molecule has 1 nitrogen and oxygen atoms in total. The van der Waals surface area contributed by atoms with Crippen molar-refractivity contribution in [1.29, 1.82) is 0 Å². The van der Waals surface area contributed by atoms with Gasteiger partial charge in [0, 0.05) is 0 Å². The quantitative estimate of drug-likeness (QED) is 0.564. The van der Waals surface area contributed by atoms with Gasteiger partial charge in [-0.25, -0.2) is 0 Å². The minimum atomic E-state index is 0.978. The predicted octanol–water partition coefficient (Wildman–Crippen LogP) is 2.88. The van der Waals surface area contributed by atoms with E-state index in [1.807, 2.05) is 5.57 Å². The summed E-state index contributed by atoms with van der Waals surface area (Å²) in [6.07, 6.45) is 8.32. The molecule has 0 aromatic rings. The van der Waals surface area contributed by atoms with Crippen LogP contribution in [0.2, 0.25) is 0 Å². The monoisotopic (exact) mass is 179 g/mol. The van der Waals surface area contributed by atoms with Gasteiger partial charge < -0.3 is 5.32 Å². The lowest BCUT2D eigenvalue weighted by Crippen LogP contribution is -2.24. The van der Waals surface area contributed by atoms with Crippen LogP contribution in [0.5, 0.6) is 0 Å². The Labute approximate surface area is 81.6 Å². The van der Waals surface area contributed by atoms with Crippen LogP contribution in [0.1, 0.15) is 45.4 Å². The molecule has 0 atom stereocenters. The molecule has 13 heavy (non-hydrogen) atoms. The molecule has 0 spiro atoms. The Morgan fingerprint density at radius 1 is 0.923 bits per heavy atom. The molecule has 1 aliphatic heterocycles. The first kappa shape index (κ1) is 9.26. The third-order valence-corrected chi connectivity index (χ3v) is 3.58. The number of piperidine rings is 1. The Bertz CT molecular complexity index is 187. The molecule has 1 saturated heterocycles. The van der Waals surface area contributed by atoms with Crippen molar-refractivity contribution in [2.24, 2.45) is 5.92 Å².